The van der Waals surface area contributed by atoms with E-state index in [-0.39, 0.29) is 69.0 Å². The second-order valence-corrected chi connectivity index (χ2v) is 47.7. The Morgan fingerprint density at radius 3 is 0.679 bits per heavy atom. The fraction of sp³-hybridized carbons (Fsp3) is 0.289. The molecule has 2 heteroatoms. The van der Waals surface area contributed by atoms with E-state index in [1.165, 1.54) is 217 Å². The predicted molar refractivity (Wildman–Crippen MR) is 592 cm³/mol. The molecule has 0 radical (unpaired) electrons. The molecule has 0 saturated carbocycles. The highest BCUT2D eigenvalue weighted by Gasteiger charge is 2.44. The summed E-state index contributed by atoms with van der Waals surface area (Å²) in [4.78, 5) is 5.00. The molecule has 0 heterocycles. The lowest BCUT2D eigenvalue weighted by Crippen LogP contribution is -2.18. The Hall–Kier alpha value is -12.9. The number of aryl methyl sites for hydroxylation is 2. The van der Waals surface area contributed by atoms with Crippen LogP contribution >= 0.6 is 0 Å². The second-order valence-electron chi connectivity index (χ2n) is 47.7. The highest BCUT2D eigenvalue weighted by molar-refractivity contribution is 5.97. The maximum absolute atomic E-state index is 2.52. The molecule has 22 rings (SSSR count). The van der Waals surface area contributed by atoms with Crippen LogP contribution in [-0.2, 0) is 54.1 Å². The van der Waals surface area contributed by atoms with E-state index in [1.54, 1.807) is 0 Å². The second kappa shape index (κ2) is 32.1. The lowest BCUT2D eigenvalue weighted by atomic mass is 9.78. The zero-order valence-electron chi connectivity index (χ0n) is 84.8. The molecular weight excluding hydrogens is 1650 g/mol. The number of anilines is 6. The van der Waals surface area contributed by atoms with Gasteiger partial charge in [-0.1, -0.05) is 398 Å². The van der Waals surface area contributed by atoms with Gasteiger partial charge in [0.2, 0.25) is 0 Å². The number of nitrogens with zero attached hydrogens (tertiary/aromatic N) is 2. The first-order chi connectivity index (χ1) is 63.7. The zero-order chi connectivity index (χ0) is 95.2. The van der Waals surface area contributed by atoms with Gasteiger partial charge in [0.1, 0.15) is 0 Å². The van der Waals surface area contributed by atoms with Crippen LogP contribution in [0.25, 0.3) is 111 Å². The molecule has 0 bridgehead atoms. The zero-order valence-corrected chi connectivity index (χ0v) is 84.8. The van der Waals surface area contributed by atoms with Crippen molar-refractivity contribution in [3.05, 3.63) is 415 Å². The van der Waals surface area contributed by atoms with Gasteiger partial charge in [-0.05, 0) is 351 Å². The summed E-state index contributed by atoms with van der Waals surface area (Å²) in [6.07, 6.45) is 0. The maximum Gasteiger partial charge on any atom is 0.0474 e. The van der Waals surface area contributed by atoms with Crippen LogP contribution in [0.4, 0.5) is 34.1 Å². The van der Waals surface area contributed by atoms with Gasteiger partial charge in [0, 0.05) is 66.6 Å². The van der Waals surface area contributed by atoms with Gasteiger partial charge in [0.05, 0.1) is 0 Å². The quantitative estimate of drug-likeness (QED) is 0.135. The standard InChI is InChI=1S/C67H67N.C66H65N.2CH4/c1-40-19-25-46(26-20-40)68(47-27-32-54-49-17-15-16-18-57(49)65(9,10)62(54)39-47)48-37-55(42-21-28-50-52-30-23-44(63(3,4)5)35-60(52)66(11,12)58(50)33-42)41(2)56(38-48)43-22-29-51-53-31-24-45(64(6,7)8)36-61(53)67(13,14)59(51)34-43;1-40-18-24-47(25-19-40)67(48-26-31-55-50-16-14-15-17-56(50)64(8,9)61(55)39-48)49-33-43(41-20-27-51-53-29-22-45(62(2,3)4)37-59(53)65(10,11)57(51)35-41)32-44(34-49)42-21-28-52-54-30-23-46(63(5,6)7)38-60(54)66(12,13)58(52)36-42;;/h15-39H,1-14H3;14-39H,1-13H3;2*1H4. The normalized spacial score (nSPS) is 15.4. The van der Waals surface area contributed by atoms with Crippen LogP contribution in [0.3, 0.4) is 0 Å². The number of benzene rings is 16. The van der Waals surface area contributed by atoms with Gasteiger partial charge in [0.15, 0.2) is 0 Å². The van der Waals surface area contributed by atoms with Crippen LogP contribution in [0.15, 0.2) is 309 Å². The smallest absolute Gasteiger partial charge is 0.0474 e. The molecule has 0 amide bonds. The Kier molecular flexibility index (Phi) is 21.8. The fourth-order valence-corrected chi connectivity index (χ4v) is 24.0. The van der Waals surface area contributed by atoms with Gasteiger partial charge in [-0.2, -0.15) is 0 Å². The fourth-order valence-electron chi connectivity index (χ4n) is 24.0. The monoisotopic (exact) mass is 1790 g/mol. The van der Waals surface area contributed by atoms with Crippen LogP contribution in [-0.4, -0.2) is 0 Å². The van der Waals surface area contributed by atoms with Crippen LogP contribution in [0.2, 0.25) is 0 Å². The van der Waals surface area contributed by atoms with Crippen LogP contribution in [0.5, 0.6) is 0 Å². The number of fused-ring (bicyclic) bond motifs is 18. The van der Waals surface area contributed by atoms with Crippen LogP contribution < -0.4 is 9.80 Å². The summed E-state index contributed by atoms with van der Waals surface area (Å²) in [6.45, 7) is 63.4. The molecule has 2 nitrogen and oxygen atoms in total. The predicted octanol–water partition coefficient (Wildman–Crippen LogP) is 38.2. The minimum Gasteiger partial charge on any atom is -0.310 e. The summed E-state index contributed by atoms with van der Waals surface area (Å²) >= 11 is 0. The van der Waals surface area contributed by atoms with E-state index in [2.05, 4.69) is 506 Å². The van der Waals surface area contributed by atoms with E-state index >= 15 is 0 Å². The third-order valence-corrected chi connectivity index (χ3v) is 32.5. The molecule has 0 fully saturated rings. The van der Waals surface area contributed by atoms with Gasteiger partial charge in [-0.3, -0.25) is 0 Å². The first-order valence-electron chi connectivity index (χ1n) is 49.4. The summed E-state index contributed by atoms with van der Waals surface area (Å²) in [7, 11) is 0. The summed E-state index contributed by atoms with van der Waals surface area (Å²) < 4.78 is 0. The molecule has 0 aromatic heterocycles. The Bertz CT molecular complexity index is 7340. The first-order valence-corrected chi connectivity index (χ1v) is 49.4. The van der Waals surface area contributed by atoms with Crippen molar-refractivity contribution in [2.24, 2.45) is 0 Å². The third kappa shape index (κ3) is 15.0. The lowest BCUT2D eigenvalue weighted by molar-refractivity contribution is 0.584. The average molecular weight is 1790 g/mol. The number of rotatable bonds is 10. The maximum atomic E-state index is 2.52. The molecule has 0 N–H and O–H groups in total. The Morgan fingerprint density at radius 1 is 0.168 bits per heavy atom. The number of hydrogen-bond donors (Lipinski definition) is 0. The minimum atomic E-state index is -0.146. The SMILES string of the molecule is C.C.Cc1ccc(N(c2cc(-c3ccc4c(c3)C(C)(C)c3cc(C(C)(C)C)ccc3-4)c(C)c(-c3ccc4c(c3)C(C)(C)c3cc(C(C)(C)C)ccc3-4)c2)c2ccc3c(c2)C(C)(C)c2ccccc2-3)cc1.Cc1ccc(N(c2cc(-c3ccc4c(c3)C(C)(C)c3cc(C(C)(C)C)ccc3-4)cc(-c3ccc4c(c3)C(C)(C)c3cc(C(C)(C)C)ccc3-4)c2)c2ccc3c(c2)C(C)(C)c2ccccc2-3)cc1. The Morgan fingerprint density at radius 2 is 0.387 bits per heavy atom. The molecule has 16 aromatic carbocycles. The van der Waals surface area contributed by atoms with E-state index in [4.69, 9.17) is 0 Å². The summed E-state index contributed by atoms with van der Waals surface area (Å²) in [5.74, 6) is 0. The summed E-state index contributed by atoms with van der Waals surface area (Å²) in [6, 6.07) is 121. The van der Waals surface area contributed by atoms with E-state index in [0.717, 1.165) is 34.1 Å². The molecular formula is C135H140N2. The van der Waals surface area contributed by atoms with Gasteiger partial charge in [0.25, 0.3) is 0 Å². The molecule has 137 heavy (non-hydrogen) atoms. The van der Waals surface area contributed by atoms with Crippen molar-refractivity contribution in [3.8, 4) is 111 Å². The Balaban J connectivity index is 0.000000173. The van der Waals surface area contributed by atoms with E-state index < -0.39 is 0 Å². The lowest BCUT2D eigenvalue weighted by Gasteiger charge is -2.30. The average Bonchev–Trinajstić information content (AvgIpc) is 1.62. The van der Waals surface area contributed by atoms with Gasteiger partial charge < -0.3 is 9.80 Å². The Labute approximate surface area is 820 Å². The van der Waals surface area contributed by atoms with Crippen molar-refractivity contribution < 1.29 is 0 Å². The van der Waals surface area contributed by atoms with Crippen molar-refractivity contribution in [1.29, 1.82) is 0 Å². The molecule has 690 valence electrons. The van der Waals surface area contributed by atoms with E-state index in [1.807, 2.05) is 0 Å². The van der Waals surface area contributed by atoms with Gasteiger partial charge in [-0.25, -0.2) is 0 Å². The summed E-state index contributed by atoms with van der Waals surface area (Å²) in [5, 5.41) is 0. The number of hydrogen-bond acceptors (Lipinski definition) is 2. The highest BCUT2D eigenvalue weighted by atomic mass is 15.1. The van der Waals surface area contributed by atoms with E-state index in [0.29, 0.717) is 0 Å². The van der Waals surface area contributed by atoms with Crippen molar-refractivity contribution >= 4 is 34.1 Å². The first kappa shape index (κ1) is 93.2. The van der Waals surface area contributed by atoms with E-state index in [9.17, 15) is 0 Å². The topological polar surface area (TPSA) is 6.48 Å². The van der Waals surface area contributed by atoms with Gasteiger partial charge in [-0.15, -0.1) is 0 Å². The molecule has 6 aliphatic rings. The van der Waals surface area contributed by atoms with Crippen molar-refractivity contribution in [3.63, 3.8) is 0 Å². The van der Waals surface area contributed by atoms with Gasteiger partial charge >= 0.3 is 0 Å². The van der Waals surface area contributed by atoms with Crippen LogP contribution in [0, 0.1) is 20.8 Å². The third-order valence-electron chi connectivity index (χ3n) is 32.5. The molecule has 6 aliphatic carbocycles. The minimum absolute atomic E-state index is 0. The summed E-state index contributed by atoms with van der Waals surface area (Å²) in [5.41, 5.74) is 58.5. The molecule has 0 saturated heterocycles. The molecule has 0 spiro atoms. The largest absolute Gasteiger partial charge is 0.310 e. The molecule has 16 aromatic rings. The van der Waals surface area contributed by atoms with Crippen molar-refractivity contribution in [2.75, 3.05) is 9.80 Å². The molecule has 0 atom stereocenters. The van der Waals surface area contributed by atoms with Crippen molar-refractivity contribution in [2.45, 2.75) is 256 Å². The van der Waals surface area contributed by atoms with Crippen molar-refractivity contribution in [1.82, 2.24) is 0 Å². The molecule has 0 unspecified atom stereocenters. The molecule has 0 aliphatic heterocycles. The highest BCUT2D eigenvalue weighted by Crippen LogP contribution is 2.60. The van der Waals surface area contributed by atoms with Crippen LogP contribution in [0.1, 0.15) is 287 Å².